The number of hydrogen-bond donors (Lipinski definition) is 2. The summed E-state index contributed by atoms with van der Waals surface area (Å²) < 4.78 is 16.0. The van der Waals surface area contributed by atoms with Crippen molar-refractivity contribution in [3.63, 3.8) is 0 Å². The predicted octanol–water partition coefficient (Wildman–Crippen LogP) is 2.28. The maximum absolute atomic E-state index is 11.2. The van der Waals surface area contributed by atoms with E-state index in [1.54, 1.807) is 33.4 Å². The Balaban J connectivity index is 0.00000361. The summed E-state index contributed by atoms with van der Waals surface area (Å²) in [7, 11) is 1.58. The Bertz CT molecular complexity index is 1270. The van der Waals surface area contributed by atoms with Crippen LogP contribution >= 0.6 is 0 Å². The summed E-state index contributed by atoms with van der Waals surface area (Å²) in [6.45, 7) is 3.56. The Morgan fingerprint density at radius 3 is 2.06 bits per heavy atom. The number of nitrogens with one attached hydrogen (secondary N) is 1. The first-order valence-electron chi connectivity index (χ1n) is 11.1. The van der Waals surface area contributed by atoms with Crippen LogP contribution in [0.5, 0.6) is 11.5 Å². The number of hydrogen-bond acceptors (Lipinski definition) is 6. The Morgan fingerprint density at radius 1 is 0.861 bits per heavy atom. The summed E-state index contributed by atoms with van der Waals surface area (Å²) in [6.07, 6.45) is 3.57. The molecule has 8 nitrogen and oxygen atoms in total. The fourth-order valence-electron chi connectivity index (χ4n) is 3.22. The molecular formula is C27H27N3NaO5+. The molecule has 36 heavy (non-hydrogen) atoms. The van der Waals surface area contributed by atoms with Gasteiger partial charge in [-0.25, -0.2) is 4.98 Å². The molecule has 0 atom stereocenters. The molecule has 0 saturated carbocycles. The SMILES string of the molecule is COCOc1ccc(-c2cnc(-c3ccc(-c4ccc(OCC(C)(C)C(=O)O)cc4)nc3)[nH]2)cc1.[Na+]. The van der Waals surface area contributed by atoms with Crippen LogP contribution in [-0.4, -0.2) is 46.5 Å². The molecule has 9 heteroatoms. The van der Waals surface area contributed by atoms with Crippen LogP contribution in [-0.2, 0) is 9.53 Å². The van der Waals surface area contributed by atoms with Gasteiger partial charge in [-0.15, -0.1) is 0 Å². The van der Waals surface area contributed by atoms with Gasteiger partial charge >= 0.3 is 35.5 Å². The molecule has 4 rings (SSSR count). The van der Waals surface area contributed by atoms with Gasteiger partial charge in [-0.3, -0.25) is 9.78 Å². The van der Waals surface area contributed by atoms with Crippen molar-refractivity contribution in [3.8, 4) is 45.4 Å². The minimum Gasteiger partial charge on any atom is -0.492 e. The number of aromatic nitrogens is 3. The normalized spacial score (nSPS) is 11.0. The molecule has 0 fully saturated rings. The zero-order valence-corrected chi connectivity index (χ0v) is 22.8. The number of carboxylic acids is 1. The number of imidazole rings is 1. The van der Waals surface area contributed by atoms with Crippen molar-refractivity contribution in [1.29, 1.82) is 0 Å². The van der Waals surface area contributed by atoms with Gasteiger partial charge in [0.1, 0.15) is 23.9 Å². The van der Waals surface area contributed by atoms with Gasteiger partial charge in [-0.2, -0.15) is 0 Å². The van der Waals surface area contributed by atoms with Crippen molar-refractivity contribution in [3.05, 3.63) is 73.1 Å². The molecule has 0 saturated heterocycles. The standard InChI is InChI=1S/C27H27N3O5.Na/c1-27(2,26(31)32)16-34-21-9-4-18(5-10-21)23-13-8-20(14-28-23)25-29-15-24(30-25)19-6-11-22(12-7-19)35-17-33-3;/h4-15H,16-17H2,1-3H3,(H,29,30)(H,31,32);/q;+1. The van der Waals surface area contributed by atoms with Gasteiger partial charge in [0.2, 0.25) is 0 Å². The van der Waals surface area contributed by atoms with E-state index < -0.39 is 11.4 Å². The summed E-state index contributed by atoms with van der Waals surface area (Å²) >= 11 is 0. The third kappa shape index (κ3) is 6.73. The first-order valence-corrected chi connectivity index (χ1v) is 11.1. The van der Waals surface area contributed by atoms with Crippen LogP contribution < -0.4 is 39.0 Å². The van der Waals surface area contributed by atoms with Gasteiger partial charge in [-0.05, 0) is 80.1 Å². The summed E-state index contributed by atoms with van der Waals surface area (Å²) in [4.78, 5) is 23.6. The average molecular weight is 497 g/mol. The van der Waals surface area contributed by atoms with Crippen molar-refractivity contribution in [2.45, 2.75) is 13.8 Å². The molecule has 0 amide bonds. The minimum absolute atomic E-state index is 0. The predicted molar refractivity (Wildman–Crippen MR) is 132 cm³/mol. The fraction of sp³-hybridized carbons (Fsp3) is 0.222. The largest absolute Gasteiger partial charge is 1.00 e. The molecule has 4 aromatic rings. The van der Waals surface area contributed by atoms with E-state index in [2.05, 4.69) is 15.0 Å². The minimum atomic E-state index is -0.955. The molecule has 0 bridgehead atoms. The number of benzene rings is 2. The van der Waals surface area contributed by atoms with E-state index >= 15 is 0 Å². The van der Waals surface area contributed by atoms with E-state index in [1.807, 2.05) is 60.7 Å². The molecule has 0 radical (unpaired) electrons. The molecule has 2 aromatic carbocycles. The summed E-state index contributed by atoms with van der Waals surface area (Å²) in [5.41, 5.74) is 3.54. The van der Waals surface area contributed by atoms with Crippen LogP contribution in [0.15, 0.2) is 73.1 Å². The summed E-state index contributed by atoms with van der Waals surface area (Å²) in [5, 5.41) is 9.21. The fourth-order valence-corrected chi connectivity index (χ4v) is 3.22. The first-order chi connectivity index (χ1) is 16.9. The van der Waals surface area contributed by atoms with E-state index in [1.165, 1.54) is 0 Å². The Hall–Kier alpha value is -3.17. The van der Waals surface area contributed by atoms with E-state index in [9.17, 15) is 9.90 Å². The number of rotatable bonds is 10. The smallest absolute Gasteiger partial charge is 0.492 e. The van der Waals surface area contributed by atoms with Gasteiger partial charge < -0.3 is 24.3 Å². The third-order valence-corrected chi connectivity index (χ3v) is 5.45. The number of methoxy groups -OCH3 is 1. The van der Waals surface area contributed by atoms with Crippen molar-refractivity contribution < 1.29 is 53.7 Å². The second-order valence-corrected chi connectivity index (χ2v) is 8.65. The Morgan fingerprint density at radius 2 is 1.47 bits per heavy atom. The van der Waals surface area contributed by atoms with Gasteiger partial charge in [0, 0.05) is 24.4 Å². The van der Waals surface area contributed by atoms with Crippen LogP contribution in [0.3, 0.4) is 0 Å². The van der Waals surface area contributed by atoms with Gasteiger partial charge in [-0.1, -0.05) is 0 Å². The topological polar surface area (TPSA) is 107 Å². The zero-order chi connectivity index (χ0) is 24.8. The summed E-state index contributed by atoms with van der Waals surface area (Å²) in [5.74, 6) is 1.18. The zero-order valence-electron chi connectivity index (χ0n) is 20.8. The van der Waals surface area contributed by atoms with Crippen LogP contribution in [0.2, 0.25) is 0 Å². The monoisotopic (exact) mass is 496 g/mol. The Labute approximate surface area is 232 Å². The van der Waals surface area contributed by atoms with Gasteiger partial charge in [0.05, 0.1) is 23.0 Å². The number of aliphatic carboxylic acids is 1. The number of aromatic amines is 1. The maximum atomic E-state index is 11.2. The molecule has 0 aliphatic heterocycles. The second-order valence-electron chi connectivity index (χ2n) is 8.65. The molecule has 0 spiro atoms. The molecule has 0 aliphatic carbocycles. The molecule has 0 unspecified atom stereocenters. The number of pyridine rings is 1. The number of ether oxygens (including phenoxy) is 3. The van der Waals surface area contributed by atoms with Gasteiger partial charge in [0.15, 0.2) is 6.79 Å². The quantitative estimate of drug-likeness (QED) is 0.256. The van der Waals surface area contributed by atoms with E-state index in [0.29, 0.717) is 5.75 Å². The van der Waals surface area contributed by atoms with Crippen molar-refractivity contribution >= 4 is 5.97 Å². The van der Waals surface area contributed by atoms with Crippen LogP contribution in [0.1, 0.15) is 13.8 Å². The van der Waals surface area contributed by atoms with Crippen LogP contribution in [0.25, 0.3) is 33.9 Å². The maximum Gasteiger partial charge on any atom is 1.00 e. The number of carboxylic acid groups (broad SMARTS) is 1. The van der Waals surface area contributed by atoms with E-state index in [-0.39, 0.29) is 43.0 Å². The molecule has 2 aromatic heterocycles. The number of carbonyl (C=O) groups is 1. The van der Waals surface area contributed by atoms with Crippen LogP contribution in [0, 0.1) is 5.41 Å². The average Bonchev–Trinajstić information content (AvgIpc) is 3.37. The molecule has 180 valence electrons. The number of nitrogens with zero attached hydrogens (tertiary/aromatic N) is 2. The third-order valence-electron chi connectivity index (χ3n) is 5.45. The van der Waals surface area contributed by atoms with Crippen LogP contribution in [0.4, 0.5) is 0 Å². The molecule has 0 aliphatic rings. The Kier molecular flexibility index (Phi) is 9.28. The molecule has 2 heterocycles. The van der Waals surface area contributed by atoms with Crippen molar-refractivity contribution in [2.24, 2.45) is 5.41 Å². The van der Waals surface area contributed by atoms with Crippen molar-refractivity contribution in [2.75, 3.05) is 20.5 Å². The van der Waals surface area contributed by atoms with E-state index in [4.69, 9.17) is 14.2 Å². The molecule has 2 N–H and O–H groups in total. The second kappa shape index (κ2) is 12.2. The van der Waals surface area contributed by atoms with E-state index in [0.717, 1.165) is 39.7 Å². The van der Waals surface area contributed by atoms with Crippen molar-refractivity contribution in [1.82, 2.24) is 15.0 Å². The summed E-state index contributed by atoms with van der Waals surface area (Å²) in [6, 6.07) is 19.0. The molecular weight excluding hydrogens is 469 g/mol. The first kappa shape index (κ1) is 27.4. The number of H-pyrrole nitrogens is 1. The van der Waals surface area contributed by atoms with Gasteiger partial charge in [0.25, 0.3) is 0 Å².